The Balaban J connectivity index is 2.66. The highest BCUT2D eigenvalue weighted by atomic mass is 16.3. The van der Waals surface area contributed by atoms with Crippen LogP contribution in [0.4, 0.5) is 0 Å². The van der Waals surface area contributed by atoms with Gasteiger partial charge in [-0.05, 0) is 17.9 Å². The molecule has 0 aliphatic heterocycles. The van der Waals surface area contributed by atoms with Crippen LogP contribution in [0.2, 0.25) is 0 Å². The zero-order valence-electron chi connectivity index (χ0n) is 11.1. The number of hydrogen-bond acceptors (Lipinski definition) is 3. The fraction of sp³-hybridized carbons (Fsp3) is 0.538. The lowest BCUT2D eigenvalue weighted by Crippen LogP contribution is -2.35. The van der Waals surface area contributed by atoms with Gasteiger partial charge in [0.15, 0.2) is 0 Å². The van der Waals surface area contributed by atoms with E-state index in [1.807, 2.05) is 13.8 Å². The summed E-state index contributed by atoms with van der Waals surface area (Å²) in [7, 11) is 1.61. The fourth-order valence-electron chi connectivity index (χ4n) is 1.54. The van der Waals surface area contributed by atoms with Gasteiger partial charge in [-0.3, -0.25) is 9.59 Å². The highest BCUT2D eigenvalue weighted by molar-refractivity contribution is 5.93. The summed E-state index contributed by atoms with van der Waals surface area (Å²) in [4.78, 5) is 23.1. The van der Waals surface area contributed by atoms with Gasteiger partial charge in [0.05, 0.1) is 5.56 Å². The van der Waals surface area contributed by atoms with Gasteiger partial charge in [-0.25, -0.2) is 0 Å². The van der Waals surface area contributed by atoms with E-state index in [4.69, 9.17) is 5.11 Å². The molecule has 100 valence electrons. The monoisotopic (exact) mass is 252 g/mol. The highest BCUT2D eigenvalue weighted by Crippen LogP contribution is 2.18. The summed E-state index contributed by atoms with van der Waals surface area (Å²) in [5, 5.41) is 11.7. The number of nitrogens with zero attached hydrogens (tertiary/aromatic N) is 1. The zero-order chi connectivity index (χ0) is 13.8. The van der Waals surface area contributed by atoms with E-state index in [0.717, 1.165) is 0 Å². The summed E-state index contributed by atoms with van der Waals surface area (Å²) < 4.78 is 1.37. The molecule has 1 rings (SSSR count). The normalized spacial score (nSPS) is 11.3. The number of pyridine rings is 1. The van der Waals surface area contributed by atoms with Crippen molar-refractivity contribution in [2.24, 2.45) is 12.5 Å². The van der Waals surface area contributed by atoms with E-state index in [1.165, 1.54) is 22.9 Å². The molecule has 0 saturated carbocycles. The molecule has 1 amide bonds. The lowest BCUT2D eigenvalue weighted by molar-refractivity contribution is 0.0927. The van der Waals surface area contributed by atoms with Crippen LogP contribution in [0.1, 0.15) is 30.6 Å². The second-order valence-electron chi connectivity index (χ2n) is 5.19. The average Bonchev–Trinajstić information content (AvgIpc) is 2.30. The number of carbonyl (C=O) groups excluding carboxylic acids is 1. The molecule has 0 bridgehead atoms. The molecule has 0 unspecified atom stereocenters. The molecule has 0 spiro atoms. The second kappa shape index (κ2) is 5.82. The summed E-state index contributed by atoms with van der Waals surface area (Å²) in [6.07, 6.45) is 2.14. The van der Waals surface area contributed by atoms with E-state index in [-0.39, 0.29) is 23.5 Å². The standard InChI is InChI=1S/C13H20N2O3/c1-13(2,6-7-16)9-14-12(18)10-4-5-11(17)15(3)8-10/h4-5,8,16H,6-7,9H2,1-3H3,(H,14,18). The summed E-state index contributed by atoms with van der Waals surface area (Å²) in [5.41, 5.74) is 0.162. The fourth-order valence-corrected chi connectivity index (χ4v) is 1.54. The third-order valence-corrected chi connectivity index (χ3v) is 2.86. The van der Waals surface area contributed by atoms with Gasteiger partial charge in [-0.15, -0.1) is 0 Å². The summed E-state index contributed by atoms with van der Waals surface area (Å²) in [6.45, 7) is 4.53. The molecule has 1 aromatic heterocycles. The Morgan fingerprint density at radius 2 is 2.11 bits per heavy atom. The third-order valence-electron chi connectivity index (χ3n) is 2.86. The Morgan fingerprint density at radius 1 is 1.44 bits per heavy atom. The SMILES string of the molecule is Cn1cc(C(=O)NCC(C)(C)CCO)ccc1=O. The molecule has 0 saturated heterocycles. The minimum Gasteiger partial charge on any atom is -0.396 e. The largest absolute Gasteiger partial charge is 0.396 e. The van der Waals surface area contributed by atoms with Crippen molar-refractivity contribution in [1.29, 1.82) is 0 Å². The quantitative estimate of drug-likeness (QED) is 0.802. The van der Waals surface area contributed by atoms with E-state index in [9.17, 15) is 9.59 Å². The Kier molecular flexibility index (Phi) is 4.67. The van der Waals surface area contributed by atoms with Crippen molar-refractivity contribution < 1.29 is 9.90 Å². The van der Waals surface area contributed by atoms with Gasteiger partial charge in [0, 0.05) is 32.5 Å². The molecule has 18 heavy (non-hydrogen) atoms. The van der Waals surface area contributed by atoms with Gasteiger partial charge in [-0.1, -0.05) is 13.8 Å². The number of amides is 1. The van der Waals surface area contributed by atoms with Crippen molar-refractivity contribution in [3.63, 3.8) is 0 Å². The Hall–Kier alpha value is -1.62. The molecule has 1 heterocycles. The topological polar surface area (TPSA) is 71.3 Å². The Bertz CT molecular complexity index is 477. The molecule has 1 aromatic rings. The molecule has 2 N–H and O–H groups in total. The van der Waals surface area contributed by atoms with Crippen LogP contribution in [0.3, 0.4) is 0 Å². The lowest BCUT2D eigenvalue weighted by Gasteiger charge is -2.23. The first-order chi connectivity index (χ1) is 8.35. The van der Waals surface area contributed by atoms with Gasteiger partial charge in [0.25, 0.3) is 5.91 Å². The number of carbonyl (C=O) groups is 1. The van der Waals surface area contributed by atoms with Gasteiger partial charge in [0.1, 0.15) is 0 Å². The predicted molar refractivity (Wildman–Crippen MR) is 69.5 cm³/mol. The predicted octanol–water partition coefficient (Wildman–Crippen LogP) is 0.524. The van der Waals surface area contributed by atoms with Crippen LogP contribution in [0.15, 0.2) is 23.1 Å². The molecule has 0 aromatic carbocycles. The van der Waals surface area contributed by atoms with Crippen LogP contribution in [0, 0.1) is 5.41 Å². The molecule has 0 aliphatic rings. The molecular formula is C13H20N2O3. The van der Waals surface area contributed by atoms with Crippen LogP contribution < -0.4 is 10.9 Å². The van der Waals surface area contributed by atoms with Crippen molar-refractivity contribution in [2.75, 3.05) is 13.2 Å². The van der Waals surface area contributed by atoms with Crippen molar-refractivity contribution in [3.05, 3.63) is 34.2 Å². The number of aliphatic hydroxyl groups excluding tert-OH is 1. The van der Waals surface area contributed by atoms with Crippen molar-refractivity contribution in [3.8, 4) is 0 Å². The number of rotatable bonds is 5. The van der Waals surface area contributed by atoms with E-state index >= 15 is 0 Å². The second-order valence-corrected chi connectivity index (χ2v) is 5.19. The first-order valence-corrected chi connectivity index (χ1v) is 5.91. The van der Waals surface area contributed by atoms with E-state index < -0.39 is 0 Å². The van der Waals surface area contributed by atoms with Crippen molar-refractivity contribution >= 4 is 5.91 Å². The smallest absolute Gasteiger partial charge is 0.252 e. The summed E-state index contributed by atoms with van der Waals surface area (Å²) >= 11 is 0. The van der Waals surface area contributed by atoms with Gasteiger partial charge in [-0.2, -0.15) is 0 Å². The zero-order valence-corrected chi connectivity index (χ0v) is 11.1. The van der Waals surface area contributed by atoms with Crippen LogP contribution in [-0.2, 0) is 7.05 Å². The van der Waals surface area contributed by atoms with Crippen LogP contribution in [-0.4, -0.2) is 28.7 Å². The number of nitrogens with one attached hydrogen (secondary N) is 1. The molecule has 5 nitrogen and oxygen atoms in total. The lowest BCUT2D eigenvalue weighted by atomic mass is 9.90. The third kappa shape index (κ3) is 4.00. The Morgan fingerprint density at radius 3 is 2.67 bits per heavy atom. The van der Waals surface area contributed by atoms with Crippen molar-refractivity contribution in [2.45, 2.75) is 20.3 Å². The molecule has 5 heteroatoms. The van der Waals surface area contributed by atoms with Gasteiger partial charge < -0.3 is 15.0 Å². The maximum atomic E-state index is 11.9. The first kappa shape index (κ1) is 14.4. The summed E-state index contributed by atoms with van der Waals surface area (Å²) in [5.74, 6) is -0.211. The van der Waals surface area contributed by atoms with E-state index in [0.29, 0.717) is 18.5 Å². The minimum absolute atomic E-state index is 0.0999. The number of aryl methyl sites for hydroxylation is 1. The number of aromatic nitrogens is 1. The summed E-state index contributed by atoms with van der Waals surface area (Å²) in [6, 6.07) is 2.88. The molecular weight excluding hydrogens is 232 g/mol. The molecule has 0 atom stereocenters. The molecule has 0 radical (unpaired) electrons. The van der Waals surface area contributed by atoms with E-state index in [2.05, 4.69) is 5.32 Å². The maximum absolute atomic E-state index is 11.9. The van der Waals surface area contributed by atoms with Crippen LogP contribution in [0.25, 0.3) is 0 Å². The average molecular weight is 252 g/mol. The maximum Gasteiger partial charge on any atom is 0.252 e. The van der Waals surface area contributed by atoms with Crippen LogP contribution in [0.5, 0.6) is 0 Å². The van der Waals surface area contributed by atoms with Gasteiger partial charge in [0.2, 0.25) is 5.56 Å². The molecule has 0 aliphatic carbocycles. The van der Waals surface area contributed by atoms with Crippen LogP contribution >= 0.6 is 0 Å². The number of aliphatic hydroxyl groups is 1. The first-order valence-electron chi connectivity index (χ1n) is 5.91. The van der Waals surface area contributed by atoms with Gasteiger partial charge >= 0.3 is 0 Å². The minimum atomic E-state index is -0.211. The van der Waals surface area contributed by atoms with Crippen molar-refractivity contribution in [1.82, 2.24) is 9.88 Å². The van der Waals surface area contributed by atoms with E-state index in [1.54, 1.807) is 7.05 Å². The highest BCUT2D eigenvalue weighted by Gasteiger charge is 2.18. The number of hydrogen-bond donors (Lipinski definition) is 2. The molecule has 0 fully saturated rings. The Labute approximate surface area is 106 Å².